The molecule has 0 aliphatic carbocycles. The van der Waals surface area contributed by atoms with Crippen molar-refractivity contribution in [3.8, 4) is 5.75 Å². The van der Waals surface area contributed by atoms with Crippen molar-refractivity contribution >= 4 is 27.5 Å². The van der Waals surface area contributed by atoms with E-state index in [0.717, 1.165) is 20.8 Å². The van der Waals surface area contributed by atoms with Gasteiger partial charge in [-0.15, -0.1) is 11.3 Å². The number of ether oxygens (including phenoxy) is 2. The third-order valence-electron chi connectivity index (χ3n) is 3.46. The van der Waals surface area contributed by atoms with Crippen LogP contribution in [0.3, 0.4) is 0 Å². The molecule has 3 rings (SSSR count). The van der Waals surface area contributed by atoms with E-state index in [1.54, 1.807) is 12.1 Å². The number of rotatable bonds is 7. The predicted molar refractivity (Wildman–Crippen MR) is 90.8 cm³/mol. The zero-order chi connectivity index (χ0) is 17.6. The maximum atomic E-state index is 12.1. The van der Waals surface area contributed by atoms with Crippen LogP contribution in [0, 0.1) is 0 Å². The number of esters is 1. The van der Waals surface area contributed by atoms with Crippen LogP contribution >= 0.6 is 11.3 Å². The number of fused-ring (bicyclic) bond motifs is 1. The molecule has 0 saturated heterocycles. The van der Waals surface area contributed by atoms with Crippen molar-refractivity contribution in [2.45, 2.75) is 26.1 Å². The van der Waals surface area contributed by atoms with Crippen molar-refractivity contribution in [2.24, 2.45) is 0 Å². The number of aryl methyl sites for hydroxylation is 1. The zero-order valence-electron chi connectivity index (χ0n) is 13.2. The first-order valence-corrected chi connectivity index (χ1v) is 8.45. The third-order valence-corrected chi connectivity index (χ3v) is 4.47. The summed E-state index contributed by atoms with van der Waals surface area (Å²) >= 11 is 1.50. The van der Waals surface area contributed by atoms with Gasteiger partial charge in [-0.2, -0.15) is 8.78 Å². The second-order valence-electron chi connectivity index (χ2n) is 5.26. The van der Waals surface area contributed by atoms with Crippen molar-refractivity contribution in [3.05, 3.63) is 59.1 Å². The molecule has 0 N–H and O–H groups in total. The average molecular weight is 363 g/mol. The number of carbonyl (C=O) groups is 1. The molecule has 0 fully saturated rings. The molecule has 0 bridgehead atoms. The Kier molecular flexibility index (Phi) is 5.55. The van der Waals surface area contributed by atoms with Gasteiger partial charge >= 0.3 is 12.6 Å². The maximum absolute atomic E-state index is 12.1. The summed E-state index contributed by atoms with van der Waals surface area (Å²) < 4.78 is 34.7. The Labute approximate surface area is 147 Å². The molecule has 0 aliphatic heterocycles. The highest BCUT2D eigenvalue weighted by Crippen LogP contribution is 2.22. The fourth-order valence-electron chi connectivity index (χ4n) is 2.28. The second-order valence-corrected chi connectivity index (χ2v) is 6.37. The van der Waals surface area contributed by atoms with Crippen LogP contribution in [0.2, 0.25) is 0 Å². The molecule has 3 aromatic rings. The number of benzene rings is 2. The highest BCUT2D eigenvalue weighted by Gasteiger charge is 2.09. The molecule has 0 saturated carbocycles. The van der Waals surface area contributed by atoms with Crippen LogP contribution in [-0.2, 0) is 22.6 Å². The minimum atomic E-state index is -2.84. The molecule has 0 radical (unpaired) electrons. The Morgan fingerprint density at radius 1 is 1.12 bits per heavy atom. The van der Waals surface area contributed by atoms with Crippen molar-refractivity contribution in [1.82, 2.24) is 4.98 Å². The number of halogens is 2. The Bertz CT molecular complexity index is 816. The molecule has 0 unspecified atom stereocenters. The van der Waals surface area contributed by atoms with Gasteiger partial charge in [0.2, 0.25) is 0 Å². The van der Waals surface area contributed by atoms with E-state index in [0.29, 0.717) is 6.42 Å². The molecule has 7 heteroatoms. The summed E-state index contributed by atoms with van der Waals surface area (Å²) in [7, 11) is 0. The molecule has 25 heavy (non-hydrogen) atoms. The Morgan fingerprint density at radius 3 is 2.60 bits per heavy atom. The predicted octanol–water partition coefficient (Wildman–Crippen LogP) is 4.57. The van der Waals surface area contributed by atoms with Crippen LogP contribution < -0.4 is 4.74 Å². The second kappa shape index (κ2) is 8.02. The molecule has 4 nitrogen and oxygen atoms in total. The van der Waals surface area contributed by atoms with Gasteiger partial charge in [0.05, 0.1) is 10.2 Å². The molecule has 2 aromatic carbocycles. The van der Waals surface area contributed by atoms with Gasteiger partial charge in [-0.05, 0) is 36.2 Å². The molecular weight excluding hydrogens is 348 g/mol. The molecule has 0 aliphatic rings. The lowest BCUT2D eigenvalue weighted by Gasteiger charge is -2.06. The highest BCUT2D eigenvalue weighted by molar-refractivity contribution is 7.18. The first kappa shape index (κ1) is 17.3. The van der Waals surface area contributed by atoms with Crippen molar-refractivity contribution in [3.63, 3.8) is 0 Å². The largest absolute Gasteiger partial charge is 0.458 e. The minimum absolute atomic E-state index is 0.0946. The van der Waals surface area contributed by atoms with Crippen molar-refractivity contribution in [2.75, 3.05) is 0 Å². The van der Waals surface area contributed by atoms with Gasteiger partial charge in [0.15, 0.2) is 0 Å². The lowest BCUT2D eigenvalue weighted by Crippen LogP contribution is -2.06. The minimum Gasteiger partial charge on any atom is -0.458 e. The summed E-state index contributed by atoms with van der Waals surface area (Å²) in [5, 5.41) is 0.753. The van der Waals surface area contributed by atoms with Gasteiger partial charge in [0.1, 0.15) is 17.4 Å². The van der Waals surface area contributed by atoms with E-state index >= 15 is 0 Å². The normalized spacial score (nSPS) is 11.0. The van der Waals surface area contributed by atoms with Gasteiger partial charge in [0, 0.05) is 6.42 Å². The van der Waals surface area contributed by atoms with Crippen molar-refractivity contribution < 1.29 is 23.0 Å². The topological polar surface area (TPSA) is 48.4 Å². The third kappa shape index (κ3) is 4.96. The van der Waals surface area contributed by atoms with E-state index in [4.69, 9.17) is 4.74 Å². The first-order chi connectivity index (χ1) is 12.1. The van der Waals surface area contributed by atoms with Crippen molar-refractivity contribution in [1.29, 1.82) is 0 Å². The number of nitrogens with zero attached hydrogens (tertiary/aromatic N) is 1. The van der Waals surface area contributed by atoms with Crippen LogP contribution in [-0.4, -0.2) is 17.6 Å². The number of para-hydroxylation sites is 1. The smallest absolute Gasteiger partial charge is 0.387 e. The fourth-order valence-corrected chi connectivity index (χ4v) is 3.16. The van der Waals surface area contributed by atoms with Gasteiger partial charge in [-0.3, -0.25) is 4.79 Å². The molecule has 0 amide bonds. The van der Waals surface area contributed by atoms with Crippen LogP contribution in [0.4, 0.5) is 8.78 Å². The summed E-state index contributed by atoms with van der Waals surface area (Å²) in [5.41, 5.74) is 1.74. The van der Waals surface area contributed by atoms with Crippen LogP contribution in [0.25, 0.3) is 10.2 Å². The number of hydrogen-bond donors (Lipinski definition) is 0. The SMILES string of the molecule is O=C(CCc1ccc(OC(F)F)cc1)OCc1nc2ccccc2s1. The monoisotopic (exact) mass is 363 g/mol. The summed E-state index contributed by atoms with van der Waals surface area (Å²) in [6, 6.07) is 13.9. The lowest BCUT2D eigenvalue weighted by atomic mass is 10.1. The molecule has 1 aromatic heterocycles. The van der Waals surface area contributed by atoms with E-state index in [9.17, 15) is 13.6 Å². The number of carbonyl (C=O) groups excluding carboxylic acids is 1. The lowest BCUT2D eigenvalue weighted by molar-refractivity contribution is -0.144. The van der Waals surface area contributed by atoms with Crippen LogP contribution in [0.1, 0.15) is 17.0 Å². The highest BCUT2D eigenvalue weighted by atomic mass is 32.1. The van der Waals surface area contributed by atoms with E-state index in [1.807, 2.05) is 24.3 Å². The fraction of sp³-hybridized carbons (Fsp3) is 0.222. The van der Waals surface area contributed by atoms with E-state index < -0.39 is 6.61 Å². The number of hydrogen-bond acceptors (Lipinski definition) is 5. The number of alkyl halides is 2. The maximum Gasteiger partial charge on any atom is 0.387 e. The van der Waals surface area contributed by atoms with Gasteiger partial charge < -0.3 is 9.47 Å². The quantitative estimate of drug-likeness (QED) is 0.577. The number of aromatic nitrogens is 1. The van der Waals surface area contributed by atoms with E-state index in [-0.39, 0.29) is 24.7 Å². The Morgan fingerprint density at radius 2 is 1.88 bits per heavy atom. The molecule has 0 spiro atoms. The Hall–Kier alpha value is -2.54. The van der Waals surface area contributed by atoms with E-state index in [1.165, 1.54) is 23.5 Å². The van der Waals surface area contributed by atoms with Gasteiger partial charge in [0.25, 0.3) is 0 Å². The van der Waals surface area contributed by atoms with E-state index in [2.05, 4.69) is 9.72 Å². The number of thiazole rings is 1. The summed E-state index contributed by atoms with van der Waals surface area (Å²) in [4.78, 5) is 16.3. The molecule has 0 atom stereocenters. The van der Waals surface area contributed by atoms with Gasteiger partial charge in [-0.1, -0.05) is 24.3 Å². The molecule has 130 valence electrons. The zero-order valence-corrected chi connectivity index (χ0v) is 14.0. The summed E-state index contributed by atoms with van der Waals surface area (Å²) in [6.07, 6.45) is 0.674. The first-order valence-electron chi connectivity index (χ1n) is 7.64. The average Bonchev–Trinajstić information content (AvgIpc) is 3.02. The Balaban J connectivity index is 1.46. The summed E-state index contributed by atoms with van der Waals surface area (Å²) in [5.74, 6) is -0.232. The molecule has 1 heterocycles. The summed E-state index contributed by atoms with van der Waals surface area (Å²) in [6.45, 7) is -2.69. The van der Waals surface area contributed by atoms with Crippen LogP contribution in [0.15, 0.2) is 48.5 Å². The molecular formula is C18H15F2NO3S. The van der Waals surface area contributed by atoms with Crippen LogP contribution in [0.5, 0.6) is 5.75 Å². The standard InChI is InChI=1S/C18H15F2NO3S/c19-18(20)24-13-8-5-12(6-9-13)7-10-17(22)23-11-16-21-14-3-1-2-4-15(14)25-16/h1-6,8-9,18H,7,10-11H2. The van der Waals surface area contributed by atoms with Gasteiger partial charge in [-0.25, -0.2) is 4.98 Å².